The monoisotopic (exact) mass is 372 g/mol. The lowest BCUT2D eigenvalue weighted by Crippen LogP contribution is -2.45. The summed E-state index contributed by atoms with van der Waals surface area (Å²) in [5, 5.41) is 3.13. The third-order valence-electron chi connectivity index (χ3n) is 5.61. The maximum Gasteiger partial charge on any atom is 0.230 e. The van der Waals surface area contributed by atoms with Crippen molar-refractivity contribution in [2.45, 2.75) is 31.2 Å². The SMILES string of the molecule is Cc1ccc(C(CNC(=O)C2(c3ccc(F)cc3)CC2)N2CCOCC2)o1. The Hall–Kier alpha value is -2.18. The number of rotatable bonds is 6. The van der Waals surface area contributed by atoms with E-state index in [0.717, 1.165) is 43.0 Å². The molecular formula is C21H25FN2O3. The summed E-state index contributed by atoms with van der Waals surface area (Å²) in [4.78, 5) is 15.2. The number of amides is 1. The quantitative estimate of drug-likeness (QED) is 0.847. The normalized spacial score (nSPS) is 20.2. The van der Waals surface area contributed by atoms with Gasteiger partial charge in [-0.3, -0.25) is 9.69 Å². The predicted molar refractivity (Wildman–Crippen MR) is 98.9 cm³/mol. The van der Waals surface area contributed by atoms with Gasteiger partial charge in [0, 0.05) is 19.6 Å². The second-order valence-corrected chi connectivity index (χ2v) is 7.41. The zero-order chi connectivity index (χ0) is 18.9. The molecule has 27 heavy (non-hydrogen) atoms. The van der Waals surface area contributed by atoms with Crippen LogP contribution in [0.1, 0.15) is 36.0 Å². The van der Waals surface area contributed by atoms with Crippen LogP contribution in [0.2, 0.25) is 0 Å². The number of morpholine rings is 1. The number of carbonyl (C=O) groups is 1. The molecule has 0 spiro atoms. The zero-order valence-electron chi connectivity index (χ0n) is 15.5. The van der Waals surface area contributed by atoms with Crippen molar-refractivity contribution in [3.8, 4) is 0 Å². The summed E-state index contributed by atoms with van der Waals surface area (Å²) in [6, 6.07) is 10.2. The molecule has 2 fully saturated rings. The molecule has 0 bridgehead atoms. The predicted octanol–water partition coefficient (Wildman–Crippen LogP) is 2.95. The van der Waals surface area contributed by atoms with Crippen LogP contribution in [0.15, 0.2) is 40.8 Å². The van der Waals surface area contributed by atoms with Crippen LogP contribution in [0, 0.1) is 12.7 Å². The van der Waals surface area contributed by atoms with Crippen molar-refractivity contribution in [1.82, 2.24) is 10.2 Å². The number of nitrogens with one attached hydrogen (secondary N) is 1. The van der Waals surface area contributed by atoms with E-state index in [1.807, 2.05) is 19.1 Å². The minimum absolute atomic E-state index is 0.00986. The van der Waals surface area contributed by atoms with Crippen molar-refractivity contribution >= 4 is 5.91 Å². The van der Waals surface area contributed by atoms with Gasteiger partial charge < -0.3 is 14.5 Å². The summed E-state index contributed by atoms with van der Waals surface area (Å²) in [6.07, 6.45) is 1.60. The summed E-state index contributed by atoms with van der Waals surface area (Å²) < 4.78 is 24.5. The van der Waals surface area contributed by atoms with Gasteiger partial charge in [-0.1, -0.05) is 12.1 Å². The van der Waals surface area contributed by atoms with E-state index in [-0.39, 0.29) is 17.8 Å². The Morgan fingerprint density at radius 2 is 1.89 bits per heavy atom. The summed E-state index contributed by atoms with van der Waals surface area (Å²) in [7, 11) is 0. The van der Waals surface area contributed by atoms with Gasteiger partial charge in [-0.25, -0.2) is 4.39 Å². The molecule has 1 saturated heterocycles. The van der Waals surface area contributed by atoms with E-state index in [4.69, 9.17) is 9.15 Å². The fourth-order valence-corrected chi connectivity index (χ4v) is 3.83. The molecule has 1 aromatic heterocycles. The number of benzene rings is 1. The Morgan fingerprint density at radius 1 is 1.19 bits per heavy atom. The van der Waals surface area contributed by atoms with Crippen molar-refractivity contribution in [2.75, 3.05) is 32.8 Å². The van der Waals surface area contributed by atoms with Crippen molar-refractivity contribution in [1.29, 1.82) is 0 Å². The van der Waals surface area contributed by atoms with Crippen molar-refractivity contribution in [3.05, 3.63) is 59.3 Å². The number of hydrogen-bond acceptors (Lipinski definition) is 4. The van der Waals surface area contributed by atoms with Gasteiger partial charge in [-0.05, 0) is 49.6 Å². The Labute approximate surface area is 158 Å². The topological polar surface area (TPSA) is 54.7 Å². The van der Waals surface area contributed by atoms with E-state index in [9.17, 15) is 9.18 Å². The van der Waals surface area contributed by atoms with E-state index in [0.29, 0.717) is 19.8 Å². The van der Waals surface area contributed by atoms with Gasteiger partial charge in [0.2, 0.25) is 5.91 Å². The van der Waals surface area contributed by atoms with E-state index >= 15 is 0 Å². The first-order valence-corrected chi connectivity index (χ1v) is 9.51. The molecule has 2 aliphatic rings. The molecule has 1 aromatic carbocycles. The minimum atomic E-state index is -0.512. The lowest BCUT2D eigenvalue weighted by Gasteiger charge is -2.33. The van der Waals surface area contributed by atoms with Gasteiger partial charge in [-0.15, -0.1) is 0 Å². The summed E-state index contributed by atoms with van der Waals surface area (Å²) in [5.74, 6) is 1.45. The highest BCUT2D eigenvalue weighted by molar-refractivity contribution is 5.91. The van der Waals surface area contributed by atoms with Crippen LogP contribution < -0.4 is 5.32 Å². The number of ether oxygens (including phenoxy) is 1. The molecule has 1 saturated carbocycles. The minimum Gasteiger partial charge on any atom is -0.465 e. The number of aryl methyl sites for hydroxylation is 1. The standard InChI is InChI=1S/C21H25FN2O3/c1-15-2-7-19(27-15)18(24-10-12-26-13-11-24)14-23-20(25)21(8-9-21)16-3-5-17(22)6-4-16/h2-7,18H,8-14H2,1H3,(H,23,25). The molecule has 1 amide bonds. The van der Waals surface area contributed by atoms with Crippen LogP contribution in [-0.4, -0.2) is 43.7 Å². The van der Waals surface area contributed by atoms with Crippen LogP contribution in [-0.2, 0) is 14.9 Å². The number of nitrogens with zero attached hydrogens (tertiary/aromatic N) is 1. The maximum atomic E-state index is 13.2. The van der Waals surface area contributed by atoms with E-state index in [2.05, 4.69) is 10.2 Å². The lowest BCUT2D eigenvalue weighted by molar-refractivity contribution is -0.124. The van der Waals surface area contributed by atoms with E-state index in [1.54, 1.807) is 12.1 Å². The molecule has 0 radical (unpaired) electrons. The highest BCUT2D eigenvalue weighted by Gasteiger charge is 2.51. The van der Waals surface area contributed by atoms with E-state index in [1.165, 1.54) is 12.1 Å². The van der Waals surface area contributed by atoms with Gasteiger partial charge in [0.05, 0.1) is 24.7 Å². The molecule has 6 heteroatoms. The number of hydrogen-bond donors (Lipinski definition) is 1. The summed E-state index contributed by atoms with van der Waals surface area (Å²) in [5.41, 5.74) is 0.376. The molecule has 1 N–H and O–H groups in total. The average Bonchev–Trinajstić information content (AvgIpc) is 3.39. The van der Waals surface area contributed by atoms with Crippen molar-refractivity contribution in [2.24, 2.45) is 0 Å². The average molecular weight is 372 g/mol. The summed E-state index contributed by atoms with van der Waals surface area (Å²) >= 11 is 0. The highest BCUT2D eigenvalue weighted by Crippen LogP contribution is 2.48. The molecular weight excluding hydrogens is 347 g/mol. The molecule has 1 aliphatic heterocycles. The first kappa shape index (κ1) is 18.2. The Morgan fingerprint density at radius 3 is 2.48 bits per heavy atom. The number of halogens is 1. The largest absolute Gasteiger partial charge is 0.465 e. The fourth-order valence-electron chi connectivity index (χ4n) is 3.83. The molecule has 4 rings (SSSR count). The Balaban J connectivity index is 1.47. The Bertz CT molecular complexity index is 792. The molecule has 144 valence electrons. The summed E-state index contributed by atoms with van der Waals surface area (Å²) in [6.45, 7) is 5.39. The maximum absolute atomic E-state index is 13.2. The first-order chi connectivity index (χ1) is 13.1. The van der Waals surface area contributed by atoms with Gasteiger partial charge in [0.1, 0.15) is 17.3 Å². The molecule has 5 nitrogen and oxygen atoms in total. The van der Waals surface area contributed by atoms with Crippen LogP contribution in [0.3, 0.4) is 0 Å². The van der Waals surface area contributed by atoms with Gasteiger partial charge in [0.25, 0.3) is 0 Å². The van der Waals surface area contributed by atoms with Crippen LogP contribution >= 0.6 is 0 Å². The number of furan rings is 1. The molecule has 1 atom stereocenters. The number of carbonyl (C=O) groups excluding carboxylic acids is 1. The highest BCUT2D eigenvalue weighted by atomic mass is 19.1. The fraction of sp³-hybridized carbons (Fsp3) is 0.476. The first-order valence-electron chi connectivity index (χ1n) is 9.51. The molecule has 1 aliphatic carbocycles. The van der Waals surface area contributed by atoms with Gasteiger partial charge in [-0.2, -0.15) is 0 Å². The van der Waals surface area contributed by atoms with Crippen molar-refractivity contribution in [3.63, 3.8) is 0 Å². The lowest BCUT2D eigenvalue weighted by atomic mass is 9.95. The van der Waals surface area contributed by atoms with Crippen LogP contribution in [0.25, 0.3) is 0 Å². The Kier molecular flexibility index (Phi) is 5.02. The third kappa shape index (κ3) is 3.77. The molecule has 2 heterocycles. The van der Waals surface area contributed by atoms with Gasteiger partial charge >= 0.3 is 0 Å². The van der Waals surface area contributed by atoms with Crippen molar-refractivity contribution < 1.29 is 18.3 Å². The van der Waals surface area contributed by atoms with Crippen LogP contribution in [0.4, 0.5) is 4.39 Å². The smallest absolute Gasteiger partial charge is 0.230 e. The second kappa shape index (κ2) is 7.44. The van der Waals surface area contributed by atoms with Crippen LogP contribution in [0.5, 0.6) is 0 Å². The molecule has 1 unspecified atom stereocenters. The third-order valence-corrected chi connectivity index (χ3v) is 5.61. The second-order valence-electron chi connectivity index (χ2n) is 7.41. The van der Waals surface area contributed by atoms with Gasteiger partial charge in [0.15, 0.2) is 0 Å². The van der Waals surface area contributed by atoms with E-state index < -0.39 is 5.41 Å². The zero-order valence-corrected chi connectivity index (χ0v) is 15.5. The molecule has 2 aromatic rings.